The van der Waals surface area contributed by atoms with Gasteiger partial charge in [-0.15, -0.1) is 0 Å². The Hall–Kier alpha value is -3.28. The zero-order valence-electron chi connectivity index (χ0n) is 16.9. The molecule has 2 aliphatic heterocycles. The summed E-state index contributed by atoms with van der Waals surface area (Å²) in [6, 6.07) is 17.8. The predicted molar refractivity (Wildman–Crippen MR) is 114 cm³/mol. The smallest absolute Gasteiger partial charge is 0.265 e. The van der Waals surface area contributed by atoms with Gasteiger partial charge in [0.15, 0.2) is 11.9 Å². The minimum atomic E-state index is -0.512. The van der Waals surface area contributed by atoms with E-state index in [9.17, 15) is 4.79 Å². The number of anilines is 1. The van der Waals surface area contributed by atoms with Gasteiger partial charge in [0.2, 0.25) is 5.89 Å². The highest BCUT2D eigenvalue weighted by molar-refractivity contribution is 5.83. The number of benzene rings is 2. The molecular formula is C24H25N3O3. The number of amides is 1. The maximum atomic E-state index is 13.1. The van der Waals surface area contributed by atoms with Gasteiger partial charge >= 0.3 is 0 Å². The van der Waals surface area contributed by atoms with Crippen molar-refractivity contribution >= 4 is 11.6 Å². The third kappa shape index (κ3) is 3.77. The Kier molecular flexibility index (Phi) is 5.13. The zero-order chi connectivity index (χ0) is 20.3. The third-order valence-electron chi connectivity index (χ3n) is 5.74. The average molecular weight is 403 g/mol. The number of oxazole rings is 1. The van der Waals surface area contributed by atoms with Gasteiger partial charge in [0.05, 0.1) is 25.0 Å². The topological polar surface area (TPSA) is 58.8 Å². The first-order chi connectivity index (χ1) is 14.8. The maximum Gasteiger partial charge on any atom is 0.265 e. The average Bonchev–Trinajstić information content (AvgIpc) is 3.28. The molecule has 2 aromatic carbocycles. The summed E-state index contributed by atoms with van der Waals surface area (Å²) in [5, 5.41) is 0. The van der Waals surface area contributed by atoms with E-state index in [2.05, 4.69) is 9.88 Å². The number of ether oxygens (including phenoxy) is 1. The SMILES string of the molecule is O=C(C1CN(Cc2ncc(-c3ccccc3)o2)c2ccccc2O1)N1CCCCC1. The number of hydrogen-bond donors (Lipinski definition) is 0. The van der Waals surface area contributed by atoms with Gasteiger partial charge < -0.3 is 19.0 Å². The molecule has 2 aliphatic rings. The largest absolute Gasteiger partial charge is 0.477 e. The molecule has 154 valence electrons. The van der Waals surface area contributed by atoms with E-state index in [-0.39, 0.29) is 5.91 Å². The Morgan fingerprint density at radius 1 is 1.00 bits per heavy atom. The van der Waals surface area contributed by atoms with Crippen LogP contribution in [0.3, 0.4) is 0 Å². The summed E-state index contributed by atoms with van der Waals surface area (Å²) in [5.74, 6) is 2.17. The fraction of sp³-hybridized carbons (Fsp3) is 0.333. The van der Waals surface area contributed by atoms with Crippen LogP contribution in [0, 0.1) is 0 Å². The van der Waals surface area contributed by atoms with Crippen molar-refractivity contribution in [2.45, 2.75) is 31.9 Å². The fourth-order valence-corrected chi connectivity index (χ4v) is 4.19. The molecule has 1 amide bonds. The van der Waals surface area contributed by atoms with E-state index in [0.29, 0.717) is 19.0 Å². The van der Waals surface area contributed by atoms with E-state index < -0.39 is 6.10 Å². The van der Waals surface area contributed by atoms with E-state index in [4.69, 9.17) is 9.15 Å². The van der Waals surface area contributed by atoms with Gasteiger partial charge in [-0.3, -0.25) is 4.79 Å². The van der Waals surface area contributed by atoms with E-state index in [1.807, 2.05) is 59.5 Å². The number of rotatable bonds is 4. The first-order valence-corrected chi connectivity index (χ1v) is 10.6. The highest BCUT2D eigenvalue weighted by Gasteiger charge is 2.34. The molecule has 6 nitrogen and oxygen atoms in total. The highest BCUT2D eigenvalue weighted by Crippen LogP contribution is 2.35. The second-order valence-electron chi connectivity index (χ2n) is 7.82. The highest BCUT2D eigenvalue weighted by atomic mass is 16.5. The predicted octanol–water partition coefficient (Wildman–Crippen LogP) is 4.12. The van der Waals surface area contributed by atoms with Crippen molar-refractivity contribution in [3.8, 4) is 17.1 Å². The van der Waals surface area contributed by atoms with Crippen molar-refractivity contribution in [1.82, 2.24) is 9.88 Å². The monoisotopic (exact) mass is 403 g/mol. The molecule has 1 saturated heterocycles. The van der Waals surface area contributed by atoms with Crippen LogP contribution in [-0.4, -0.2) is 41.5 Å². The second kappa shape index (κ2) is 8.22. The molecule has 1 fully saturated rings. The van der Waals surface area contributed by atoms with E-state index >= 15 is 0 Å². The number of carbonyl (C=O) groups excluding carboxylic acids is 1. The quantitative estimate of drug-likeness (QED) is 0.656. The van der Waals surface area contributed by atoms with Crippen LogP contribution >= 0.6 is 0 Å². The minimum Gasteiger partial charge on any atom is -0.477 e. The molecule has 0 saturated carbocycles. The Balaban J connectivity index is 1.37. The Morgan fingerprint density at radius 2 is 1.77 bits per heavy atom. The summed E-state index contributed by atoms with van der Waals surface area (Å²) < 4.78 is 12.1. The molecule has 1 atom stereocenters. The van der Waals surface area contributed by atoms with Crippen LogP contribution in [0.25, 0.3) is 11.3 Å². The molecule has 3 heterocycles. The molecule has 6 heteroatoms. The van der Waals surface area contributed by atoms with Gasteiger partial charge in [-0.25, -0.2) is 4.98 Å². The van der Waals surface area contributed by atoms with Crippen LogP contribution in [0.4, 0.5) is 5.69 Å². The summed E-state index contributed by atoms with van der Waals surface area (Å²) in [6.45, 7) is 2.60. The van der Waals surface area contributed by atoms with Gasteiger partial charge in [-0.1, -0.05) is 42.5 Å². The molecule has 0 bridgehead atoms. The molecule has 0 spiro atoms. The first-order valence-electron chi connectivity index (χ1n) is 10.6. The normalized spacial score (nSPS) is 18.6. The summed E-state index contributed by atoms with van der Waals surface area (Å²) in [7, 11) is 0. The minimum absolute atomic E-state index is 0.0755. The number of piperidine rings is 1. The number of nitrogens with zero attached hydrogens (tertiary/aromatic N) is 3. The van der Waals surface area contributed by atoms with Crippen molar-refractivity contribution < 1.29 is 13.9 Å². The Labute approximate surface area is 176 Å². The Bertz CT molecular complexity index is 1010. The zero-order valence-corrected chi connectivity index (χ0v) is 16.9. The summed E-state index contributed by atoms with van der Waals surface area (Å²) in [6.07, 6.45) is 4.57. The lowest BCUT2D eigenvalue weighted by Gasteiger charge is -2.37. The molecule has 3 aromatic rings. The van der Waals surface area contributed by atoms with Crippen LogP contribution in [0.5, 0.6) is 5.75 Å². The first kappa shape index (κ1) is 18.7. The van der Waals surface area contributed by atoms with Crippen LogP contribution in [-0.2, 0) is 11.3 Å². The van der Waals surface area contributed by atoms with Crippen molar-refractivity contribution in [3.05, 3.63) is 66.7 Å². The summed E-state index contributed by atoms with van der Waals surface area (Å²) in [5.41, 5.74) is 1.96. The van der Waals surface area contributed by atoms with Gasteiger partial charge in [0.1, 0.15) is 5.75 Å². The number of hydrogen-bond acceptors (Lipinski definition) is 5. The van der Waals surface area contributed by atoms with Crippen molar-refractivity contribution in [1.29, 1.82) is 0 Å². The standard InChI is InChI=1S/C24H25N3O3/c28-24(26-13-7-2-8-14-26)22-16-27(19-11-5-6-12-20(19)29-22)17-23-25-15-21(30-23)18-9-3-1-4-10-18/h1,3-6,9-12,15,22H,2,7-8,13-14,16-17H2. The van der Waals surface area contributed by atoms with Crippen LogP contribution in [0.15, 0.2) is 65.2 Å². The molecule has 30 heavy (non-hydrogen) atoms. The molecule has 0 aliphatic carbocycles. The molecular weight excluding hydrogens is 378 g/mol. The van der Waals surface area contributed by atoms with Crippen molar-refractivity contribution in [2.24, 2.45) is 0 Å². The van der Waals surface area contributed by atoms with E-state index in [1.54, 1.807) is 6.20 Å². The fourth-order valence-electron chi connectivity index (χ4n) is 4.19. The van der Waals surface area contributed by atoms with Crippen LogP contribution in [0.1, 0.15) is 25.2 Å². The van der Waals surface area contributed by atoms with Gasteiger partial charge in [-0.2, -0.15) is 0 Å². The van der Waals surface area contributed by atoms with Gasteiger partial charge in [-0.05, 0) is 31.4 Å². The lowest BCUT2D eigenvalue weighted by molar-refractivity contribution is -0.139. The van der Waals surface area contributed by atoms with Crippen molar-refractivity contribution in [2.75, 3.05) is 24.5 Å². The molecule has 1 unspecified atom stereocenters. The molecule has 0 radical (unpaired) electrons. The van der Waals surface area contributed by atoms with Crippen LogP contribution < -0.4 is 9.64 Å². The summed E-state index contributed by atoms with van der Waals surface area (Å²) >= 11 is 0. The third-order valence-corrected chi connectivity index (χ3v) is 5.74. The van der Waals surface area contributed by atoms with Crippen molar-refractivity contribution in [3.63, 3.8) is 0 Å². The number of carbonyl (C=O) groups is 1. The molecule has 0 N–H and O–H groups in total. The number of fused-ring (bicyclic) bond motifs is 1. The number of para-hydroxylation sites is 2. The van der Waals surface area contributed by atoms with Gasteiger partial charge in [0, 0.05) is 18.7 Å². The van der Waals surface area contributed by atoms with E-state index in [1.165, 1.54) is 6.42 Å². The lowest BCUT2D eigenvalue weighted by atomic mass is 10.1. The van der Waals surface area contributed by atoms with Crippen LogP contribution in [0.2, 0.25) is 0 Å². The number of aromatic nitrogens is 1. The number of likely N-dealkylation sites (tertiary alicyclic amines) is 1. The molecule has 1 aromatic heterocycles. The summed E-state index contributed by atoms with van der Waals surface area (Å²) in [4.78, 5) is 21.6. The van der Waals surface area contributed by atoms with E-state index in [0.717, 1.165) is 48.7 Å². The lowest BCUT2D eigenvalue weighted by Crippen LogP contribution is -2.51. The maximum absolute atomic E-state index is 13.1. The Morgan fingerprint density at radius 3 is 2.60 bits per heavy atom. The van der Waals surface area contributed by atoms with Gasteiger partial charge in [0.25, 0.3) is 5.91 Å². The molecule has 5 rings (SSSR count). The second-order valence-corrected chi connectivity index (χ2v) is 7.82.